The van der Waals surface area contributed by atoms with E-state index in [1.54, 1.807) is 18.2 Å². The van der Waals surface area contributed by atoms with Gasteiger partial charge in [-0.1, -0.05) is 39.7 Å². The maximum Gasteiger partial charge on any atom is 0.169 e. The van der Waals surface area contributed by atoms with E-state index in [1.165, 1.54) is 18.2 Å². The second-order valence-electron chi connectivity index (χ2n) is 4.04. The molecule has 98 valence electrons. The van der Waals surface area contributed by atoms with E-state index in [-0.39, 0.29) is 23.5 Å². The Bertz CT molecular complexity index is 645. The number of Topliss-reactive ketones (excluding diaryl/α,β-unsaturated/α-hetero) is 1. The molecule has 2 nitrogen and oxygen atoms in total. The summed E-state index contributed by atoms with van der Waals surface area (Å²) in [6.45, 7) is 0. The predicted octanol–water partition coefficient (Wildman–Crippen LogP) is 4.25. The third-order valence-corrected chi connectivity index (χ3v) is 3.56. The predicted molar refractivity (Wildman–Crippen MR) is 78.0 cm³/mol. The first-order valence-electron chi connectivity index (χ1n) is 5.50. The molecule has 5 heteroatoms. The summed E-state index contributed by atoms with van der Waals surface area (Å²) in [5.41, 5.74) is 6.30. The van der Waals surface area contributed by atoms with Crippen molar-refractivity contribution in [1.29, 1.82) is 0 Å². The lowest BCUT2D eigenvalue weighted by Gasteiger charge is -2.07. The first-order valence-corrected chi connectivity index (χ1v) is 6.67. The fourth-order valence-corrected chi connectivity index (χ4v) is 2.45. The second-order valence-corrected chi connectivity index (χ2v) is 5.36. The summed E-state index contributed by atoms with van der Waals surface area (Å²) >= 11 is 9.33. The molecule has 0 radical (unpaired) electrons. The third-order valence-electron chi connectivity index (χ3n) is 2.72. The van der Waals surface area contributed by atoms with E-state index in [2.05, 4.69) is 15.9 Å². The zero-order valence-corrected chi connectivity index (χ0v) is 12.1. The summed E-state index contributed by atoms with van der Waals surface area (Å²) in [4.78, 5) is 12.1. The number of hydrogen-bond acceptors (Lipinski definition) is 2. The van der Waals surface area contributed by atoms with Gasteiger partial charge < -0.3 is 5.73 Å². The van der Waals surface area contributed by atoms with Gasteiger partial charge in [0.2, 0.25) is 0 Å². The molecule has 0 bridgehead atoms. The van der Waals surface area contributed by atoms with Crippen molar-refractivity contribution < 1.29 is 9.18 Å². The summed E-state index contributed by atoms with van der Waals surface area (Å²) in [7, 11) is 0. The lowest BCUT2D eigenvalue weighted by atomic mass is 10.0. The molecule has 2 N–H and O–H groups in total. The van der Waals surface area contributed by atoms with Gasteiger partial charge in [0.1, 0.15) is 5.82 Å². The Morgan fingerprint density at radius 3 is 2.74 bits per heavy atom. The van der Waals surface area contributed by atoms with Gasteiger partial charge >= 0.3 is 0 Å². The van der Waals surface area contributed by atoms with Gasteiger partial charge in [-0.25, -0.2) is 4.39 Å². The molecule has 0 aromatic heterocycles. The van der Waals surface area contributed by atoms with Crippen molar-refractivity contribution in [3.8, 4) is 0 Å². The Labute approximate surface area is 123 Å². The first kappa shape index (κ1) is 14.0. The minimum Gasteiger partial charge on any atom is -0.396 e. The smallest absolute Gasteiger partial charge is 0.169 e. The van der Waals surface area contributed by atoms with Crippen LogP contribution in [0, 0.1) is 5.82 Å². The monoisotopic (exact) mass is 341 g/mol. The van der Waals surface area contributed by atoms with Gasteiger partial charge in [-0.3, -0.25) is 4.79 Å². The average Bonchev–Trinajstić information content (AvgIpc) is 2.36. The molecule has 0 amide bonds. The highest BCUT2D eigenvalue weighted by atomic mass is 79.9. The minimum absolute atomic E-state index is 0.0831. The van der Waals surface area contributed by atoms with Crippen molar-refractivity contribution in [2.75, 3.05) is 5.73 Å². The van der Waals surface area contributed by atoms with Crippen LogP contribution in [0.2, 0.25) is 5.02 Å². The highest BCUT2D eigenvalue weighted by Crippen LogP contribution is 2.24. The van der Waals surface area contributed by atoms with Crippen LogP contribution in [0.4, 0.5) is 10.1 Å². The number of nitrogen functional groups attached to an aromatic ring is 1. The lowest BCUT2D eigenvalue weighted by Crippen LogP contribution is -2.08. The van der Waals surface area contributed by atoms with Gasteiger partial charge in [-0.05, 0) is 29.8 Å². The van der Waals surface area contributed by atoms with Crippen molar-refractivity contribution in [2.45, 2.75) is 6.42 Å². The van der Waals surface area contributed by atoms with Crippen molar-refractivity contribution in [3.63, 3.8) is 0 Å². The molecular formula is C14H10BrClFNO. The molecular weight excluding hydrogens is 333 g/mol. The number of carbonyl (C=O) groups is 1. The van der Waals surface area contributed by atoms with Crippen LogP contribution in [0.25, 0.3) is 0 Å². The number of rotatable bonds is 3. The van der Waals surface area contributed by atoms with E-state index in [0.717, 1.165) is 4.47 Å². The van der Waals surface area contributed by atoms with Crippen LogP contribution in [0.3, 0.4) is 0 Å². The molecule has 0 saturated heterocycles. The Morgan fingerprint density at radius 2 is 2.05 bits per heavy atom. The maximum atomic E-state index is 13.3. The Kier molecular flexibility index (Phi) is 4.22. The fourth-order valence-electron chi connectivity index (χ4n) is 1.71. The van der Waals surface area contributed by atoms with Crippen LogP contribution >= 0.6 is 27.5 Å². The van der Waals surface area contributed by atoms with Crippen LogP contribution in [-0.2, 0) is 6.42 Å². The van der Waals surface area contributed by atoms with Crippen molar-refractivity contribution in [3.05, 3.63) is 62.8 Å². The number of benzene rings is 2. The van der Waals surface area contributed by atoms with Crippen LogP contribution in [-0.4, -0.2) is 5.78 Å². The third kappa shape index (κ3) is 3.14. The van der Waals surface area contributed by atoms with Gasteiger partial charge in [0, 0.05) is 21.5 Å². The first-order chi connectivity index (χ1) is 8.99. The molecule has 19 heavy (non-hydrogen) atoms. The number of hydrogen-bond donors (Lipinski definition) is 1. The van der Waals surface area contributed by atoms with Gasteiger partial charge in [0.25, 0.3) is 0 Å². The molecule has 0 spiro atoms. The van der Waals surface area contributed by atoms with Crippen LogP contribution < -0.4 is 5.73 Å². The number of ketones is 1. The van der Waals surface area contributed by atoms with Crippen LogP contribution in [0.15, 0.2) is 40.9 Å². The summed E-state index contributed by atoms with van der Waals surface area (Å²) < 4.78 is 14.1. The number of carbonyl (C=O) groups excluding carboxylic acids is 1. The van der Waals surface area contributed by atoms with E-state index in [9.17, 15) is 9.18 Å². The average molecular weight is 343 g/mol. The molecule has 0 atom stereocenters. The van der Waals surface area contributed by atoms with Gasteiger partial charge in [0.15, 0.2) is 5.78 Å². The zero-order valence-electron chi connectivity index (χ0n) is 9.79. The molecule has 0 fully saturated rings. The number of nitrogens with two attached hydrogens (primary N) is 1. The molecule has 2 rings (SSSR count). The van der Waals surface area contributed by atoms with Gasteiger partial charge in [0.05, 0.1) is 5.69 Å². The second kappa shape index (κ2) is 5.72. The minimum atomic E-state index is -0.590. The molecule has 0 unspecified atom stereocenters. The number of anilines is 1. The van der Waals surface area contributed by atoms with E-state index >= 15 is 0 Å². The highest BCUT2D eigenvalue weighted by Gasteiger charge is 2.14. The number of para-hydroxylation sites is 1. The molecule has 2 aromatic rings. The fraction of sp³-hybridized carbons (Fsp3) is 0.0714. The maximum absolute atomic E-state index is 13.3. The molecule has 0 saturated carbocycles. The molecule has 2 aromatic carbocycles. The number of halogens is 3. The molecule has 0 aliphatic rings. The van der Waals surface area contributed by atoms with Crippen molar-refractivity contribution in [2.24, 2.45) is 0 Å². The summed E-state index contributed by atoms with van der Waals surface area (Å²) in [6, 6.07) is 9.44. The van der Waals surface area contributed by atoms with E-state index < -0.39 is 5.82 Å². The molecule has 0 aliphatic heterocycles. The quantitative estimate of drug-likeness (QED) is 0.669. The normalized spacial score (nSPS) is 10.5. The molecule has 0 aliphatic carbocycles. The Balaban J connectivity index is 2.28. The molecule has 0 heterocycles. The topological polar surface area (TPSA) is 43.1 Å². The largest absolute Gasteiger partial charge is 0.396 e. The Hall–Kier alpha value is -1.39. The van der Waals surface area contributed by atoms with E-state index in [1.807, 2.05) is 0 Å². The summed E-state index contributed by atoms with van der Waals surface area (Å²) in [5, 5.41) is 0.484. The zero-order chi connectivity index (χ0) is 14.0. The summed E-state index contributed by atoms with van der Waals surface area (Å²) in [6.07, 6.45) is 0.0831. The van der Waals surface area contributed by atoms with Crippen LogP contribution in [0.1, 0.15) is 15.9 Å². The van der Waals surface area contributed by atoms with E-state index in [4.69, 9.17) is 17.3 Å². The van der Waals surface area contributed by atoms with E-state index in [0.29, 0.717) is 10.6 Å². The Morgan fingerprint density at radius 1 is 1.32 bits per heavy atom. The standard InChI is InChI=1S/C14H10BrClFNO/c15-9-5-4-8(11(16)7-9)6-13(19)10-2-1-3-12(17)14(10)18/h1-5,7H,6,18H2. The van der Waals surface area contributed by atoms with Gasteiger partial charge in [-0.2, -0.15) is 0 Å². The summed E-state index contributed by atoms with van der Waals surface area (Å²) in [5.74, 6) is -0.853. The van der Waals surface area contributed by atoms with Crippen molar-refractivity contribution >= 4 is 39.0 Å². The highest BCUT2D eigenvalue weighted by molar-refractivity contribution is 9.10. The SMILES string of the molecule is Nc1c(F)cccc1C(=O)Cc1ccc(Br)cc1Cl. The van der Waals surface area contributed by atoms with Crippen molar-refractivity contribution in [1.82, 2.24) is 0 Å². The lowest BCUT2D eigenvalue weighted by molar-refractivity contribution is 0.0993. The van der Waals surface area contributed by atoms with Crippen LogP contribution in [0.5, 0.6) is 0 Å². The van der Waals surface area contributed by atoms with Gasteiger partial charge in [-0.15, -0.1) is 0 Å².